The van der Waals surface area contributed by atoms with Crippen LogP contribution in [-0.4, -0.2) is 21.8 Å². The van der Waals surface area contributed by atoms with Gasteiger partial charge in [-0.3, -0.25) is 0 Å². The van der Waals surface area contributed by atoms with Crippen molar-refractivity contribution in [3.8, 4) is 0 Å². The van der Waals surface area contributed by atoms with Crippen molar-refractivity contribution in [2.75, 3.05) is 0 Å². The molecule has 0 N–H and O–H groups in total. The molecule has 1 aromatic rings. The molecule has 1 heterocycles. The smallest absolute Gasteiger partial charge is 0.364 e. The van der Waals surface area contributed by atoms with Gasteiger partial charge in [0.15, 0.2) is 0 Å². The van der Waals surface area contributed by atoms with E-state index in [0.717, 1.165) is 12.3 Å². The summed E-state index contributed by atoms with van der Waals surface area (Å²) in [4.78, 5) is 35.5. The maximum atomic E-state index is 11.4. The quantitative estimate of drug-likeness (QED) is 0.257. The predicted molar refractivity (Wildman–Crippen MR) is 56.1 cm³/mol. The predicted octanol–water partition coefficient (Wildman–Crippen LogP) is 1.25. The maximum Gasteiger partial charge on any atom is 0.364 e. The Hall–Kier alpha value is -2.57. The van der Waals surface area contributed by atoms with Gasteiger partial charge in [0.2, 0.25) is 0 Å². The van der Waals surface area contributed by atoms with Crippen LogP contribution in [0.1, 0.15) is 17.3 Å². The maximum absolute atomic E-state index is 11.4. The molecule has 0 unspecified atom stereocenters. The summed E-state index contributed by atoms with van der Waals surface area (Å²) >= 11 is 0. The molecule has 0 atom stereocenters. The third-order valence-corrected chi connectivity index (χ3v) is 1.70. The zero-order valence-electron chi connectivity index (χ0n) is 8.87. The van der Waals surface area contributed by atoms with Gasteiger partial charge in [-0.2, -0.15) is 0 Å². The number of nitro groups is 1. The van der Waals surface area contributed by atoms with Gasteiger partial charge in [-0.1, -0.05) is 6.58 Å². The van der Waals surface area contributed by atoms with E-state index in [0.29, 0.717) is 0 Å². The van der Waals surface area contributed by atoms with Crippen molar-refractivity contribution in [3.05, 3.63) is 46.2 Å². The molecule has 0 aliphatic heterocycles. The van der Waals surface area contributed by atoms with Crippen molar-refractivity contribution in [2.24, 2.45) is 0 Å². The Labute approximate surface area is 95.9 Å². The highest BCUT2D eigenvalue weighted by Gasteiger charge is 2.17. The average Bonchev–Trinajstić information content (AvgIpc) is 2.28. The summed E-state index contributed by atoms with van der Waals surface area (Å²) in [5.41, 5.74) is -0.0665. The Balaban J connectivity index is 2.90. The monoisotopic (exact) mass is 236 g/mol. The van der Waals surface area contributed by atoms with E-state index in [-0.39, 0.29) is 11.1 Å². The van der Waals surface area contributed by atoms with Gasteiger partial charge in [0.1, 0.15) is 6.20 Å². The molecule has 0 saturated carbocycles. The van der Waals surface area contributed by atoms with Crippen LogP contribution in [0.25, 0.3) is 0 Å². The van der Waals surface area contributed by atoms with E-state index in [1.807, 2.05) is 0 Å². The molecule has 0 aromatic carbocycles. The molecular formula is C10H8N2O5. The minimum atomic E-state index is -0.983. The molecular weight excluding hydrogens is 228 g/mol. The first-order chi connectivity index (χ1) is 7.91. The number of esters is 2. The first-order valence-electron chi connectivity index (χ1n) is 4.44. The largest absolute Gasteiger partial charge is 0.386 e. The second-order valence-corrected chi connectivity index (χ2v) is 3.12. The first-order valence-corrected chi connectivity index (χ1v) is 4.44. The van der Waals surface area contributed by atoms with Gasteiger partial charge in [0, 0.05) is 5.57 Å². The Morgan fingerprint density at radius 2 is 2.18 bits per heavy atom. The summed E-state index contributed by atoms with van der Waals surface area (Å²) in [5.74, 6) is -2.36. The van der Waals surface area contributed by atoms with Crippen molar-refractivity contribution in [3.63, 3.8) is 0 Å². The molecule has 0 aliphatic rings. The van der Waals surface area contributed by atoms with Crippen LogP contribution in [0.15, 0.2) is 30.5 Å². The second kappa shape index (κ2) is 4.97. The fraction of sp³-hybridized carbons (Fsp3) is 0.100. The third-order valence-electron chi connectivity index (χ3n) is 1.70. The lowest BCUT2D eigenvalue weighted by atomic mass is 10.2. The SMILES string of the molecule is C=C(C)C(=O)OC(=O)c1ccnc([N+](=O)[O-])c1. The van der Waals surface area contributed by atoms with Gasteiger partial charge in [0.05, 0.1) is 11.6 Å². The topological polar surface area (TPSA) is 99.4 Å². The van der Waals surface area contributed by atoms with Gasteiger partial charge in [-0.25, -0.2) is 9.59 Å². The highest BCUT2D eigenvalue weighted by molar-refractivity contribution is 6.01. The second-order valence-electron chi connectivity index (χ2n) is 3.12. The third kappa shape index (κ3) is 3.20. The van der Waals surface area contributed by atoms with E-state index in [1.54, 1.807) is 0 Å². The van der Waals surface area contributed by atoms with Gasteiger partial charge >= 0.3 is 17.8 Å². The fourth-order valence-electron chi connectivity index (χ4n) is 0.875. The molecule has 0 aliphatic carbocycles. The molecule has 7 heteroatoms. The summed E-state index contributed by atoms with van der Waals surface area (Å²) in [5, 5.41) is 10.4. The zero-order chi connectivity index (χ0) is 13.0. The average molecular weight is 236 g/mol. The lowest BCUT2D eigenvalue weighted by molar-refractivity contribution is -0.389. The van der Waals surface area contributed by atoms with Crippen LogP contribution in [0, 0.1) is 10.1 Å². The highest BCUT2D eigenvalue weighted by Crippen LogP contribution is 2.10. The van der Waals surface area contributed by atoms with E-state index in [1.165, 1.54) is 13.0 Å². The summed E-state index contributed by atoms with van der Waals surface area (Å²) in [6.45, 7) is 4.68. The van der Waals surface area contributed by atoms with Crippen LogP contribution in [0.4, 0.5) is 5.82 Å². The van der Waals surface area contributed by atoms with Crippen LogP contribution in [0.5, 0.6) is 0 Å². The molecule has 17 heavy (non-hydrogen) atoms. The van der Waals surface area contributed by atoms with Gasteiger partial charge in [0.25, 0.3) is 0 Å². The van der Waals surface area contributed by atoms with Crippen LogP contribution < -0.4 is 0 Å². The van der Waals surface area contributed by atoms with Gasteiger partial charge in [-0.05, 0) is 22.9 Å². The summed E-state index contributed by atoms with van der Waals surface area (Å²) < 4.78 is 4.40. The Bertz CT molecular complexity index is 509. The molecule has 88 valence electrons. The van der Waals surface area contributed by atoms with Crippen LogP contribution in [0.3, 0.4) is 0 Å². The Kier molecular flexibility index (Phi) is 3.66. The van der Waals surface area contributed by atoms with Gasteiger partial charge < -0.3 is 14.9 Å². The minimum absolute atomic E-state index is 0.0573. The molecule has 0 radical (unpaired) electrons. The van der Waals surface area contributed by atoms with Crippen LogP contribution in [0.2, 0.25) is 0 Å². The number of rotatable bonds is 3. The number of aromatic nitrogens is 1. The standard InChI is InChI=1S/C10H8N2O5/c1-6(2)9(13)17-10(14)7-3-4-11-8(5-7)12(15)16/h3-5H,1H2,2H3. The van der Waals surface area contributed by atoms with Crippen molar-refractivity contribution in [2.45, 2.75) is 6.92 Å². The minimum Gasteiger partial charge on any atom is -0.386 e. The Morgan fingerprint density at radius 3 is 2.71 bits per heavy atom. The number of pyridine rings is 1. The molecule has 0 saturated heterocycles. The molecule has 0 bridgehead atoms. The van der Waals surface area contributed by atoms with Gasteiger partial charge in [-0.15, -0.1) is 0 Å². The van der Waals surface area contributed by atoms with Crippen molar-refractivity contribution in [1.29, 1.82) is 0 Å². The first kappa shape index (κ1) is 12.5. The lowest BCUT2D eigenvalue weighted by Gasteiger charge is -2.01. The van der Waals surface area contributed by atoms with Crippen LogP contribution >= 0.6 is 0 Å². The summed E-state index contributed by atoms with van der Waals surface area (Å²) in [6.07, 6.45) is 1.08. The molecule has 0 spiro atoms. The summed E-state index contributed by atoms with van der Waals surface area (Å²) in [6, 6.07) is 2.13. The van der Waals surface area contributed by atoms with E-state index in [9.17, 15) is 19.7 Å². The number of ether oxygens (including phenoxy) is 1. The molecule has 0 amide bonds. The molecule has 1 rings (SSSR count). The summed E-state index contributed by atoms with van der Waals surface area (Å²) in [7, 11) is 0. The van der Waals surface area contributed by atoms with Crippen molar-refractivity contribution in [1.82, 2.24) is 4.98 Å². The number of nitrogens with zero attached hydrogens (tertiary/aromatic N) is 2. The van der Waals surface area contributed by atoms with E-state index < -0.39 is 22.7 Å². The molecule has 0 fully saturated rings. The lowest BCUT2D eigenvalue weighted by Crippen LogP contribution is -2.13. The van der Waals surface area contributed by atoms with E-state index in [4.69, 9.17) is 0 Å². The number of hydrogen-bond donors (Lipinski definition) is 0. The molecule has 1 aromatic heterocycles. The Morgan fingerprint density at radius 1 is 1.53 bits per heavy atom. The van der Waals surface area contributed by atoms with Crippen LogP contribution in [-0.2, 0) is 9.53 Å². The number of carbonyl (C=O) groups excluding carboxylic acids is 2. The highest BCUT2D eigenvalue weighted by atomic mass is 16.6. The normalized spacial score (nSPS) is 9.47. The number of hydrogen-bond acceptors (Lipinski definition) is 6. The van der Waals surface area contributed by atoms with E-state index in [2.05, 4.69) is 16.3 Å². The molecule has 7 nitrogen and oxygen atoms in total. The zero-order valence-corrected chi connectivity index (χ0v) is 8.87. The fourth-order valence-corrected chi connectivity index (χ4v) is 0.875. The number of carbonyl (C=O) groups is 2. The van der Waals surface area contributed by atoms with Crippen molar-refractivity contribution < 1.29 is 19.2 Å². The van der Waals surface area contributed by atoms with E-state index >= 15 is 0 Å². The van der Waals surface area contributed by atoms with Crippen molar-refractivity contribution >= 4 is 17.8 Å².